The molecule has 0 bridgehead atoms. The highest BCUT2D eigenvalue weighted by molar-refractivity contribution is 6.33. The van der Waals surface area contributed by atoms with E-state index in [4.69, 9.17) is 16.1 Å². The summed E-state index contributed by atoms with van der Waals surface area (Å²) in [5.41, 5.74) is 1.69. The molecule has 0 spiro atoms. The normalized spacial score (nSPS) is 13.2. The molecule has 0 aliphatic heterocycles. The highest BCUT2D eigenvalue weighted by Gasteiger charge is 2.27. The number of aryl methyl sites for hydroxylation is 1. The van der Waals surface area contributed by atoms with Gasteiger partial charge in [-0.05, 0) is 49.6 Å². The van der Waals surface area contributed by atoms with Gasteiger partial charge in [0.05, 0.1) is 10.6 Å². The van der Waals surface area contributed by atoms with E-state index in [1.807, 2.05) is 0 Å². The first-order chi connectivity index (χ1) is 14.8. The van der Waals surface area contributed by atoms with Crippen LogP contribution in [-0.4, -0.2) is 35.0 Å². The van der Waals surface area contributed by atoms with Crippen molar-refractivity contribution < 1.29 is 18.5 Å². The summed E-state index contributed by atoms with van der Waals surface area (Å²) in [4.78, 5) is 26.8. The Morgan fingerprint density at radius 1 is 1.23 bits per heavy atom. The average molecular weight is 442 g/mol. The third kappa shape index (κ3) is 4.46. The molecule has 0 unspecified atom stereocenters. The molecule has 0 atom stereocenters. The number of halogens is 2. The number of hydrogen-bond acceptors (Lipinski definition) is 4. The molecule has 0 saturated heterocycles. The average Bonchev–Trinajstić information content (AvgIpc) is 3.48. The van der Waals surface area contributed by atoms with Gasteiger partial charge >= 0.3 is 0 Å². The Kier molecular flexibility index (Phi) is 5.78. The summed E-state index contributed by atoms with van der Waals surface area (Å²) in [7, 11) is 1.63. The second-order valence-electron chi connectivity index (χ2n) is 7.66. The molecule has 2 aromatic carbocycles. The van der Waals surface area contributed by atoms with Crippen LogP contribution in [0.25, 0.3) is 11.3 Å². The van der Waals surface area contributed by atoms with Gasteiger partial charge in [-0.2, -0.15) is 0 Å². The molecule has 1 heterocycles. The van der Waals surface area contributed by atoms with Crippen molar-refractivity contribution in [3.05, 3.63) is 75.8 Å². The molecule has 4 rings (SSSR count). The molecule has 1 fully saturated rings. The van der Waals surface area contributed by atoms with Crippen LogP contribution in [0.15, 0.2) is 47.0 Å². The van der Waals surface area contributed by atoms with Crippen LogP contribution in [-0.2, 0) is 6.54 Å². The van der Waals surface area contributed by atoms with Crippen molar-refractivity contribution in [2.24, 2.45) is 0 Å². The van der Waals surface area contributed by atoms with Crippen LogP contribution < -0.4 is 5.32 Å². The van der Waals surface area contributed by atoms with Crippen LogP contribution in [0.5, 0.6) is 0 Å². The summed E-state index contributed by atoms with van der Waals surface area (Å²) >= 11 is 6.16. The first kappa shape index (κ1) is 21.1. The van der Waals surface area contributed by atoms with Gasteiger partial charge in [-0.1, -0.05) is 35.0 Å². The Hall–Kier alpha value is -3.19. The SMILES string of the molecule is Cc1onc(-c2c(F)cccc2Cl)c1C(=O)N(C)Cc1ccc(C(=O)NC2CC2)cc1. The second kappa shape index (κ2) is 8.51. The molecule has 1 aliphatic carbocycles. The zero-order chi connectivity index (χ0) is 22.1. The zero-order valence-corrected chi connectivity index (χ0v) is 17.9. The van der Waals surface area contributed by atoms with Crippen molar-refractivity contribution in [3.8, 4) is 11.3 Å². The van der Waals surface area contributed by atoms with Crippen molar-refractivity contribution in [3.63, 3.8) is 0 Å². The Balaban J connectivity index is 1.52. The lowest BCUT2D eigenvalue weighted by molar-refractivity contribution is 0.0783. The Morgan fingerprint density at radius 3 is 2.58 bits per heavy atom. The quantitative estimate of drug-likeness (QED) is 0.606. The van der Waals surface area contributed by atoms with E-state index in [0.717, 1.165) is 18.4 Å². The van der Waals surface area contributed by atoms with E-state index in [1.54, 1.807) is 38.2 Å². The van der Waals surface area contributed by atoms with Crippen LogP contribution in [0.3, 0.4) is 0 Å². The molecule has 1 aromatic heterocycles. The number of amides is 2. The number of aromatic nitrogens is 1. The minimum absolute atomic E-state index is 0.0313. The fourth-order valence-electron chi connectivity index (χ4n) is 3.31. The maximum Gasteiger partial charge on any atom is 0.259 e. The molecule has 0 radical (unpaired) electrons. The van der Waals surface area contributed by atoms with Gasteiger partial charge in [-0.3, -0.25) is 9.59 Å². The first-order valence-corrected chi connectivity index (χ1v) is 10.3. The number of nitrogens with one attached hydrogen (secondary N) is 1. The van der Waals surface area contributed by atoms with Crippen molar-refractivity contribution in [1.82, 2.24) is 15.4 Å². The first-order valence-electron chi connectivity index (χ1n) is 9.91. The number of rotatable bonds is 6. The van der Waals surface area contributed by atoms with Gasteiger partial charge in [0.25, 0.3) is 11.8 Å². The fourth-order valence-corrected chi connectivity index (χ4v) is 3.57. The number of benzene rings is 2. The van der Waals surface area contributed by atoms with E-state index in [9.17, 15) is 14.0 Å². The minimum atomic E-state index is -0.586. The third-order valence-electron chi connectivity index (χ3n) is 5.17. The molecule has 6 nitrogen and oxygen atoms in total. The van der Waals surface area contributed by atoms with Crippen LogP contribution >= 0.6 is 11.6 Å². The highest BCUT2D eigenvalue weighted by atomic mass is 35.5. The van der Waals surface area contributed by atoms with Gasteiger partial charge < -0.3 is 14.7 Å². The topological polar surface area (TPSA) is 75.4 Å². The van der Waals surface area contributed by atoms with E-state index in [-0.39, 0.29) is 39.4 Å². The summed E-state index contributed by atoms with van der Waals surface area (Å²) in [6.07, 6.45) is 2.05. The van der Waals surface area contributed by atoms with E-state index < -0.39 is 5.82 Å². The molecule has 31 heavy (non-hydrogen) atoms. The van der Waals surface area contributed by atoms with Crippen LogP contribution in [0.2, 0.25) is 5.02 Å². The molecule has 3 aromatic rings. The van der Waals surface area contributed by atoms with Crippen LogP contribution in [0.4, 0.5) is 4.39 Å². The zero-order valence-electron chi connectivity index (χ0n) is 17.1. The summed E-state index contributed by atoms with van der Waals surface area (Å²) in [6.45, 7) is 1.89. The summed E-state index contributed by atoms with van der Waals surface area (Å²) in [5.74, 6) is -0.774. The predicted octanol–water partition coefficient (Wildman–Crippen LogP) is 4.61. The molecule has 1 N–H and O–H groups in total. The van der Waals surface area contributed by atoms with Crippen molar-refractivity contribution >= 4 is 23.4 Å². The summed E-state index contributed by atoms with van der Waals surface area (Å²) in [5, 5.41) is 6.97. The molecule has 1 saturated carbocycles. The molecule has 1 aliphatic rings. The van der Waals surface area contributed by atoms with E-state index in [1.165, 1.54) is 23.1 Å². The molecular weight excluding hydrogens is 421 g/mol. The maximum atomic E-state index is 14.4. The third-order valence-corrected chi connectivity index (χ3v) is 5.49. The smallest absolute Gasteiger partial charge is 0.259 e. The van der Waals surface area contributed by atoms with Gasteiger partial charge in [0.1, 0.15) is 22.8 Å². The fraction of sp³-hybridized carbons (Fsp3) is 0.261. The van der Waals surface area contributed by atoms with Gasteiger partial charge in [0.2, 0.25) is 0 Å². The van der Waals surface area contributed by atoms with Gasteiger partial charge in [-0.15, -0.1) is 0 Å². The van der Waals surface area contributed by atoms with Gasteiger partial charge in [0.15, 0.2) is 0 Å². The van der Waals surface area contributed by atoms with Crippen molar-refractivity contribution in [2.45, 2.75) is 32.4 Å². The van der Waals surface area contributed by atoms with E-state index >= 15 is 0 Å². The van der Waals surface area contributed by atoms with E-state index in [2.05, 4.69) is 10.5 Å². The van der Waals surface area contributed by atoms with E-state index in [0.29, 0.717) is 18.2 Å². The van der Waals surface area contributed by atoms with Gasteiger partial charge in [0, 0.05) is 25.2 Å². The van der Waals surface area contributed by atoms with Crippen LogP contribution in [0.1, 0.15) is 44.9 Å². The molecule has 160 valence electrons. The lowest BCUT2D eigenvalue weighted by Crippen LogP contribution is -2.27. The minimum Gasteiger partial charge on any atom is -0.360 e. The Bertz CT molecular complexity index is 1120. The molecule has 8 heteroatoms. The molecular formula is C23H21ClFN3O3. The van der Waals surface area contributed by atoms with Gasteiger partial charge in [-0.25, -0.2) is 4.39 Å². The highest BCUT2D eigenvalue weighted by Crippen LogP contribution is 2.34. The standard InChI is InChI=1S/C23H21ClFN3O3/c1-13-19(21(27-31-13)20-17(24)4-3-5-18(20)25)23(30)28(2)12-14-6-8-15(9-7-14)22(29)26-16-10-11-16/h3-9,16H,10-12H2,1-2H3,(H,26,29). The monoisotopic (exact) mass is 441 g/mol. The lowest BCUT2D eigenvalue weighted by Gasteiger charge is -2.18. The summed E-state index contributed by atoms with van der Waals surface area (Å²) in [6, 6.07) is 11.6. The predicted molar refractivity (Wildman–Crippen MR) is 114 cm³/mol. The Labute approximate surface area is 184 Å². The van der Waals surface area contributed by atoms with Crippen LogP contribution in [0, 0.1) is 12.7 Å². The lowest BCUT2D eigenvalue weighted by atomic mass is 10.0. The van der Waals surface area contributed by atoms with Crippen molar-refractivity contribution in [2.75, 3.05) is 7.05 Å². The number of carbonyl (C=O) groups is 2. The molecule has 2 amide bonds. The number of carbonyl (C=O) groups excluding carboxylic acids is 2. The summed E-state index contributed by atoms with van der Waals surface area (Å²) < 4.78 is 19.6. The van der Waals surface area contributed by atoms with Crippen molar-refractivity contribution in [1.29, 1.82) is 0 Å². The largest absolute Gasteiger partial charge is 0.360 e. The number of hydrogen-bond donors (Lipinski definition) is 1. The Morgan fingerprint density at radius 2 is 1.94 bits per heavy atom. The second-order valence-corrected chi connectivity index (χ2v) is 8.07. The maximum absolute atomic E-state index is 14.4. The number of nitrogens with zero attached hydrogens (tertiary/aromatic N) is 2.